The van der Waals surface area contributed by atoms with E-state index in [1.807, 2.05) is 6.07 Å². The maximum absolute atomic E-state index is 12.0. The van der Waals surface area contributed by atoms with E-state index in [9.17, 15) is 4.79 Å². The molecule has 1 aliphatic rings. The van der Waals surface area contributed by atoms with Crippen LogP contribution in [0.25, 0.3) is 0 Å². The lowest BCUT2D eigenvalue weighted by molar-refractivity contribution is 0.101. The minimum atomic E-state index is -0.304. The van der Waals surface area contributed by atoms with Gasteiger partial charge in [0.1, 0.15) is 5.82 Å². The summed E-state index contributed by atoms with van der Waals surface area (Å²) in [6, 6.07) is 8.39. The van der Waals surface area contributed by atoms with E-state index in [1.54, 1.807) is 18.2 Å². The van der Waals surface area contributed by atoms with Gasteiger partial charge in [-0.1, -0.05) is 12.1 Å². The second-order valence-corrected chi connectivity index (χ2v) is 3.84. The van der Waals surface area contributed by atoms with Gasteiger partial charge in [-0.05, 0) is 12.1 Å². The van der Waals surface area contributed by atoms with Crippen LogP contribution >= 0.6 is 0 Å². The summed E-state index contributed by atoms with van der Waals surface area (Å²) in [5.74, 6) is 0.215. The van der Waals surface area contributed by atoms with Crippen LogP contribution in [-0.2, 0) is 0 Å². The third-order valence-corrected chi connectivity index (χ3v) is 2.60. The van der Waals surface area contributed by atoms with E-state index in [0.29, 0.717) is 17.2 Å². The zero-order valence-corrected chi connectivity index (χ0v) is 9.27. The minimum Gasteiger partial charge on any atom is -0.383 e. The van der Waals surface area contributed by atoms with E-state index in [-0.39, 0.29) is 17.2 Å². The largest absolute Gasteiger partial charge is 0.383 e. The average molecular weight is 242 g/mol. The van der Waals surface area contributed by atoms with Gasteiger partial charge in [-0.15, -0.1) is 0 Å². The Morgan fingerprint density at radius 1 is 1.33 bits per heavy atom. The van der Waals surface area contributed by atoms with E-state index in [1.165, 1.54) is 10.7 Å². The van der Waals surface area contributed by atoms with Gasteiger partial charge in [0.15, 0.2) is 5.49 Å². The molecule has 0 bridgehead atoms. The molecule has 0 unspecified atom stereocenters. The third kappa shape index (κ3) is 1.49. The molecule has 0 saturated heterocycles. The Morgan fingerprint density at radius 2 is 2.11 bits per heavy atom. The molecule has 0 spiro atoms. The predicted molar refractivity (Wildman–Crippen MR) is 65.9 cm³/mol. The SMILES string of the molecule is N=c1cc(N)nc2n1NC(=O)c1ccccc1N2. The molecule has 3 rings (SSSR count). The second kappa shape index (κ2) is 3.59. The van der Waals surface area contributed by atoms with Gasteiger partial charge in [0.2, 0.25) is 5.95 Å². The number of hydrogen-bond donors (Lipinski definition) is 4. The zero-order valence-electron chi connectivity index (χ0n) is 9.27. The van der Waals surface area contributed by atoms with Gasteiger partial charge in [0.25, 0.3) is 5.91 Å². The maximum atomic E-state index is 12.0. The molecule has 1 aromatic heterocycles. The standard InChI is InChI=1S/C11H10N6O/c12-8-5-9(13)17-11(15-8)14-7-4-2-1-3-6(7)10(18)16-17/h1-5,13H,12H2,(H,14,15)(H,16,18). The number of para-hydroxylation sites is 1. The van der Waals surface area contributed by atoms with Crippen molar-refractivity contribution in [3.63, 3.8) is 0 Å². The number of nitrogens with two attached hydrogens (primary N) is 1. The highest BCUT2D eigenvalue weighted by Crippen LogP contribution is 2.21. The Bertz CT molecular complexity index is 705. The van der Waals surface area contributed by atoms with Crippen LogP contribution in [0.5, 0.6) is 0 Å². The normalized spacial score (nSPS) is 12.8. The van der Waals surface area contributed by atoms with Gasteiger partial charge in [0.05, 0.1) is 11.3 Å². The Balaban J connectivity index is 2.25. The first-order valence-corrected chi connectivity index (χ1v) is 5.27. The lowest BCUT2D eigenvalue weighted by atomic mass is 10.2. The molecular weight excluding hydrogens is 232 g/mol. The zero-order chi connectivity index (χ0) is 12.7. The Kier molecular flexibility index (Phi) is 2.06. The van der Waals surface area contributed by atoms with Gasteiger partial charge in [0, 0.05) is 6.07 Å². The summed E-state index contributed by atoms with van der Waals surface area (Å²) >= 11 is 0. The number of carbonyl (C=O) groups excluding carboxylic acids is 1. The van der Waals surface area contributed by atoms with Crippen molar-refractivity contribution in [1.82, 2.24) is 9.66 Å². The number of hydrogen-bond acceptors (Lipinski definition) is 5. The van der Waals surface area contributed by atoms with Crippen molar-refractivity contribution in [2.45, 2.75) is 0 Å². The number of carbonyl (C=O) groups is 1. The Hall–Kier alpha value is -2.83. The summed E-state index contributed by atoms with van der Waals surface area (Å²) in [6.45, 7) is 0. The lowest BCUT2D eigenvalue weighted by Gasteiger charge is -2.10. The summed E-state index contributed by atoms with van der Waals surface area (Å²) in [7, 11) is 0. The molecule has 1 aromatic carbocycles. The molecule has 1 amide bonds. The lowest BCUT2D eigenvalue weighted by Crippen LogP contribution is -2.33. The highest BCUT2D eigenvalue weighted by molar-refractivity contribution is 6.05. The number of benzene rings is 1. The smallest absolute Gasteiger partial charge is 0.272 e. The number of fused-ring (bicyclic) bond motifs is 2. The number of amides is 1. The van der Waals surface area contributed by atoms with Crippen molar-refractivity contribution in [2.24, 2.45) is 0 Å². The second-order valence-electron chi connectivity index (χ2n) is 3.84. The van der Waals surface area contributed by atoms with E-state index in [2.05, 4.69) is 15.7 Å². The highest BCUT2D eigenvalue weighted by atomic mass is 16.2. The fraction of sp³-hybridized carbons (Fsp3) is 0. The van der Waals surface area contributed by atoms with Crippen LogP contribution in [0.4, 0.5) is 17.5 Å². The fourth-order valence-corrected chi connectivity index (χ4v) is 1.79. The Labute approximate surface area is 102 Å². The molecule has 0 radical (unpaired) electrons. The fourth-order valence-electron chi connectivity index (χ4n) is 1.79. The van der Waals surface area contributed by atoms with Gasteiger partial charge in [-0.2, -0.15) is 4.98 Å². The molecular formula is C11H10N6O. The van der Waals surface area contributed by atoms with Crippen LogP contribution < -0.4 is 22.0 Å². The first-order chi connectivity index (χ1) is 8.65. The van der Waals surface area contributed by atoms with Crippen LogP contribution in [0.1, 0.15) is 10.4 Å². The highest BCUT2D eigenvalue weighted by Gasteiger charge is 2.19. The molecule has 2 heterocycles. The van der Waals surface area contributed by atoms with E-state index >= 15 is 0 Å². The summed E-state index contributed by atoms with van der Waals surface area (Å²) in [5.41, 5.74) is 9.33. The molecule has 1 aliphatic heterocycles. The predicted octanol–water partition coefficient (Wildman–Crippen LogP) is 0.386. The molecule has 7 heteroatoms. The maximum Gasteiger partial charge on any atom is 0.272 e. The summed E-state index contributed by atoms with van der Waals surface area (Å²) in [6.07, 6.45) is 0. The Morgan fingerprint density at radius 3 is 2.94 bits per heavy atom. The van der Waals surface area contributed by atoms with E-state index < -0.39 is 0 Å². The first-order valence-electron chi connectivity index (χ1n) is 5.27. The van der Waals surface area contributed by atoms with Crippen molar-refractivity contribution in [2.75, 3.05) is 16.5 Å². The first kappa shape index (κ1) is 10.3. The molecule has 0 saturated carbocycles. The van der Waals surface area contributed by atoms with Crippen molar-refractivity contribution < 1.29 is 4.79 Å². The van der Waals surface area contributed by atoms with Crippen molar-refractivity contribution in [3.8, 4) is 0 Å². The van der Waals surface area contributed by atoms with Gasteiger partial charge < -0.3 is 11.1 Å². The molecule has 7 nitrogen and oxygen atoms in total. The van der Waals surface area contributed by atoms with E-state index in [0.717, 1.165) is 0 Å². The van der Waals surface area contributed by atoms with E-state index in [4.69, 9.17) is 11.1 Å². The number of aromatic nitrogens is 2. The molecule has 0 fully saturated rings. The number of nitrogens with zero attached hydrogens (tertiary/aromatic N) is 2. The molecule has 0 atom stereocenters. The quantitative estimate of drug-likeness (QED) is 0.535. The molecule has 18 heavy (non-hydrogen) atoms. The molecule has 5 N–H and O–H groups in total. The topological polar surface area (TPSA) is 109 Å². The molecule has 2 aromatic rings. The van der Waals surface area contributed by atoms with Crippen LogP contribution in [-0.4, -0.2) is 15.6 Å². The van der Waals surface area contributed by atoms with Gasteiger partial charge >= 0.3 is 0 Å². The number of nitrogens with one attached hydrogen (secondary N) is 3. The summed E-state index contributed by atoms with van der Waals surface area (Å²) in [5, 5.41) is 10.8. The number of rotatable bonds is 0. The monoisotopic (exact) mass is 242 g/mol. The molecule has 0 aliphatic carbocycles. The van der Waals surface area contributed by atoms with Crippen molar-refractivity contribution in [1.29, 1.82) is 5.41 Å². The van der Waals surface area contributed by atoms with Crippen LogP contribution in [0.2, 0.25) is 0 Å². The third-order valence-electron chi connectivity index (χ3n) is 2.60. The molecule has 90 valence electrons. The minimum absolute atomic E-state index is 0.0474. The summed E-state index contributed by atoms with van der Waals surface area (Å²) in [4.78, 5) is 16.1. The average Bonchev–Trinajstić information content (AvgIpc) is 2.47. The number of nitrogen functional groups attached to an aromatic ring is 1. The summed E-state index contributed by atoms with van der Waals surface area (Å²) < 4.78 is 1.25. The van der Waals surface area contributed by atoms with Crippen molar-refractivity contribution >= 4 is 23.4 Å². The van der Waals surface area contributed by atoms with Crippen molar-refractivity contribution in [3.05, 3.63) is 41.4 Å². The van der Waals surface area contributed by atoms with Crippen LogP contribution in [0.3, 0.4) is 0 Å². The van der Waals surface area contributed by atoms with Gasteiger partial charge in [-0.3, -0.25) is 15.6 Å². The number of anilines is 3. The van der Waals surface area contributed by atoms with Gasteiger partial charge in [-0.25, -0.2) is 4.68 Å². The van der Waals surface area contributed by atoms with Crippen LogP contribution in [0.15, 0.2) is 30.3 Å². The van der Waals surface area contributed by atoms with Crippen LogP contribution in [0, 0.1) is 5.41 Å².